The highest BCUT2D eigenvalue weighted by Crippen LogP contribution is 2.89. The lowest BCUT2D eigenvalue weighted by Crippen LogP contribution is -2.62. The molecular formula is C37H60O11. The number of esters is 1. The van der Waals surface area contributed by atoms with Crippen molar-refractivity contribution in [3.8, 4) is 0 Å². The average Bonchev–Trinajstić information content (AvgIpc) is 3.62. The molecule has 0 aromatic heterocycles. The van der Waals surface area contributed by atoms with E-state index in [1.54, 1.807) is 13.8 Å². The van der Waals surface area contributed by atoms with E-state index < -0.39 is 71.1 Å². The maximum Gasteiger partial charge on any atom is 0.303 e. The number of carbonyl (C=O) groups is 1. The van der Waals surface area contributed by atoms with E-state index in [-0.39, 0.29) is 46.7 Å². The van der Waals surface area contributed by atoms with Crippen molar-refractivity contribution in [2.45, 2.75) is 167 Å². The minimum atomic E-state index is -1.86. The van der Waals surface area contributed by atoms with Gasteiger partial charge in [0.15, 0.2) is 18.2 Å². The van der Waals surface area contributed by atoms with Gasteiger partial charge in [0, 0.05) is 18.3 Å². The van der Waals surface area contributed by atoms with E-state index >= 15 is 0 Å². The summed E-state index contributed by atoms with van der Waals surface area (Å²) in [6.07, 6.45) is -0.902. The van der Waals surface area contributed by atoms with E-state index in [4.69, 9.17) is 18.9 Å². The zero-order valence-corrected chi connectivity index (χ0v) is 30.0. The number of ether oxygens (including phenoxy) is 4. The maximum atomic E-state index is 12.6. The van der Waals surface area contributed by atoms with Gasteiger partial charge in [-0.1, -0.05) is 34.6 Å². The Balaban J connectivity index is 1.17. The minimum Gasteiger partial charge on any atom is -0.457 e. The van der Waals surface area contributed by atoms with Gasteiger partial charge in [0.1, 0.15) is 30.5 Å². The maximum absolute atomic E-state index is 12.6. The Bertz CT molecular complexity index is 1300. The number of aliphatic hydroxyl groups excluding tert-OH is 4. The van der Waals surface area contributed by atoms with Gasteiger partial charge in [0.2, 0.25) is 0 Å². The van der Waals surface area contributed by atoms with Crippen LogP contribution in [0.25, 0.3) is 0 Å². The Kier molecular flexibility index (Phi) is 8.01. The molecule has 0 amide bonds. The monoisotopic (exact) mass is 680 g/mol. The van der Waals surface area contributed by atoms with E-state index in [1.165, 1.54) is 6.92 Å². The molecule has 7 rings (SSSR count). The molecule has 48 heavy (non-hydrogen) atoms. The molecule has 0 unspecified atom stereocenters. The SMILES string of the molecule is CC(=O)O[C@@H]([C@H]1C[C@@H](C)[C@H]2[C@@](O)(O1)[C@H](O)[C@@]1(C)[C@@H]3CC[C@H]4C(C)(C)[C@@H](O[C@@H]5OC[C@@H](O)[C@H](O)[C@H]5O)CC[C@@]45C[C@@]35CC[C@]21C)C(C)(C)O. The highest BCUT2D eigenvalue weighted by Gasteiger charge is 2.86. The summed E-state index contributed by atoms with van der Waals surface area (Å²) in [4.78, 5) is 12.1. The Morgan fingerprint density at radius 1 is 0.938 bits per heavy atom. The predicted octanol–water partition coefficient (Wildman–Crippen LogP) is 2.65. The van der Waals surface area contributed by atoms with Crippen LogP contribution >= 0.6 is 0 Å². The summed E-state index contributed by atoms with van der Waals surface area (Å²) in [6.45, 7) is 15.4. The fourth-order valence-corrected chi connectivity index (χ4v) is 13.8. The van der Waals surface area contributed by atoms with E-state index in [1.807, 2.05) is 0 Å². The van der Waals surface area contributed by atoms with Gasteiger partial charge in [-0.25, -0.2) is 0 Å². The van der Waals surface area contributed by atoms with Crippen molar-refractivity contribution in [1.82, 2.24) is 0 Å². The molecule has 0 bridgehead atoms. The molecule has 0 aromatic carbocycles. The lowest BCUT2D eigenvalue weighted by Gasteiger charge is -2.63. The molecule has 2 spiro atoms. The van der Waals surface area contributed by atoms with Gasteiger partial charge >= 0.3 is 5.97 Å². The first-order chi connectivity index (χ1) is 22.1. The third kappa shape index (κ3) is 4.41. The second-order valence-corrected chi connectivity index (χ2v) is 18.8. The average molecular weight is 681 g/mol. The van der Waals surface area contributed by atoms with Gasteiger partial charge in [-0.3, -0.25) is 4.79 Å². The number of carbonyl (C=O) groups excluding carboxylic acids is 1. The summed E-state index contributed by atoms with van der Waals surface area (Å²) in [5.41, 5.74) is -2.59. The van der Waals surface area contributed by atoms with Crippen molar-refractivity contribution in [2.75, 3.05) is 6.61 Å². The number of fused-ring (bicyclic) bond motifs is 4. The highest BCUT2D eigenvalue weighted by molar-refractivity contribution is 5.66. The van der Waals surface area contributed by atoms with Gasteiger partial charge in [-0.15, -0.1) is 0 Å². The van der Waals surface area contributed by atoms with Gasteiger partial charge in [-0.2, -0.15) is 0 Å². The van der Waals surface area contributed by atoms with Crippen LogP contribution in [0, 0.1) is 50.7 Å². The molecule has 0 aromatic rings. The summed E-state index contributed by atoms with van der Waals surface area (Å²) in [7, 11) is 0. The van der Waals surface area contributed by atoms with Crippen LogP contribution in [-0.4, -0.2) is 104 Å². The number of rotatable bonds is 5. The van der Waals surface area contributed by atoms with Crippen molar-refractivity contribution in [3.05, 3.63) is 0 Å². The van der Waals surface area contributed by atoms with Crippen LogP contribution in [0.4, 0.5) is 0 Å². The normalized spacial score (nSPS) is 56.1. The van der Waals surface area contributed by atoms with Crippen LogP contribution in [0.15, 0.2) is 0 Å². The zero-order valence-electron chi connectivity index (χ0n) is 30.0. The molecule has 2 aliphatic heterocycles. The summed E-state index contributed by atoms with van der Waals surface area (Å²) in [6, 6.07) is 0. The fraction of sp³-hybridized carbons (Fsp3) is 0.973. The van der Waals surface area contributed by atoms with Crippen molar-refractivity contribution < 1.29 is 54.4 Å². The van der Waals surface area contributed by atoms with Crippen LogP contribution < -0.4 is 0 Å². The first kappa shape index (κ1) is 35.5. The van der Waals surface area contributed by atoms with E-state index in [2.05, 4.69) is 34.6 Å². The molecule has 5 aliphatic carbocycles. The van der Waals surface area contributed by atoms with Crippen LogP contribution in [0.2, 0.25) is 0 Å². The lowest BCUT2D eigenvalue weighted by molar-refractivity contribution is -0.342. The zero-order chi connectivity index (χ0) is 35.2. The van der Waals surface area contributed by atoms with E-state index in [9.17, 15) is 35.4 Å². The first-order valence-corrected chi connectivity index (χ1v) is 18.4. The Morgan fingerprint density at radius 2 is 1.58 bits per heavy atom. The van der Waals surface area contributed by atoms with Gasteiger partial charge in [0.05, 0.1) is 18.3 Å². The smallest absolute Gasteiger partial charge is 0.303 e. The third-order valence-electron chi connectivity index (χ3n) is 15.9. The summed E-state index contributed by atoms with van der Waals surface area (Å²) in [5, 5.41) is 67.0. The molecule has 5 saturated carbocycles. The van der Waals surface area contributed by atoms with Crippen molar-refractivity contribution in [1.29, 1.82) is 0 Å². The van der Waals surface area contributed by atoms with Crippen molar-refractivity contribution in [3.63, 3.8) is 0 Å². The number of hydrogen-bond donors (Lipinski definition) is 6. The first-order valence-electron chi connectivity index (χ1n) is 18.4. The lowest BCUT2D eigenvalue weighted by atomic mass is 9.41. The number of aliphatic hydroxyl groups is 6. The molecule has 0 radical (unpaired) electrons. The second kappa shape index (κ2) is 10.8. The number of hydrogen-bond acceptors (Lipinski definition) is 11. The third-order valence-corrected chi connectivity index (χ3v) is 15.9. The topological polar surface area (TPSA) is 175 Å². The van der Waals surface area contributed by atoms with Crippen molar-refractivity contribution in [2.24, 2.45) is 50.7 Å². The molecule has 7 fully saturated rings. The minimum absolute atomic E-state index is 0.0222. The quantitative estimate of drug-likeness (QED) is 0.186. The molecule has 2 heterocycles. The Hall–Kier alpha value is -0.890. The van der Waals surface area contributed by atoms with Crippen molar-refractivity contribution >= 4 is 5.97 Å². The van der Waals surface area contributed by atoms with E-state index in [0.717, 1.165) is 44.9 Å². The highest BCUT2D eigenvalue weighted by atomic mass is 16.7. The Labute approximate surface area is 284 Å². The van der Waals surface area contributed by atoms with Gasteiger partial charge < -0.3 is 49.6 Å². The predicted molar refractivity (Wildman–Crippen MR) is 172 cm³/mol. The summed E-state index contributed by atoms with van der Waals surface area (Å²) >= 11 is 0. The van der Waals surface area contributed by atoms with Gasteiger partial charge in [-0.05, 0) is 105 Å². The molecular weight excluding hydrogens is 620 g/mol. The van der Waals surface area contributed by atoms with Crippen LogP contribution in [-0.2, 0) is 23.7 Å². The second-order valence-electron chi connectivity index (χ2n) is 18.8. The van der Waals surface area contributed by atoms with Crippen LogP contribution in [0.1, 0.15) is 107 Å². The van der Waals surface area contributed by atoms with Crippen LogP contribution in [0.5, 0.6) is 0 Å². The summed E-state index contributed by atoms with van der Waals surface area (Å²) < 4.78 is 24.2. The molecule has 274 valence electrons. The fourth-order valence-electron chi connectivity index (χ4n) is 13.8. The van der Waals surface area contributed by atoms with Crippen LogP contribution in [0.3, 0.4) is 0 Å². The van der Waals surface area contributed by atoms with E-state index in [0.29, 0.717) is 12.3 Å². The molecule has 11 heteroatoms. The largest absolute Gasteiger partial charge is 0.457 e. The Morgan fingerprint density at radius 3 is 2.23 bits per heavy atom. The van der Waals surface area contributed by atoms with Gasteiger partial charge in [0.25, 0.3) is 0 Å². The standard InChI is InChI=1S/C37H60O11/c1-18-15-21(28(32(5,6)43)46-19(2)38)48-37(44)27(18)33(7)13-14-36-17-35(36)12-11-24(47-29-26(41)25(40)20(39)16-45-29)31(3,4)22(35)9-10-23(36)34(33,8)30(37)42/h18,20-30,39-44H,9-17H2,1-8H3/t18-,20-,21-,22+,23+,24+,25+,26-,27-,28+,29+,30-,33-,34-,35-,36+,37-/m1/s1. The molecule has 11 nitrogen and oxygen atoms in total. The molecule has 7 aliphatic rings. The summed E-state index contributed by atoms with van der Waals surface area (Å²) in [5.74, 6) is -2.26. The molecule has 6 N–H and O–H groups in total. The molecule has 17 atom stereocenters. The molecule has 2 saturated heterocycles.